The van der Waals surface area contributed by atoms with Crippen molar-refractivity contribution in [3.8, 4) is 22.3 Å². The van der Waals surface area contributed by atoms with Crippen LogP contribution < -0.4 is 5.73 Å². The molecule has 2 N–H and O–H groups in total. The van der Waals surface area contributed by atoms with Crippen LogP contribution in [0.2, 0.25) is 0 Å². The second-order valence-electron chi connectivity index (χ2n) is 15.7. The third-order valence-corrected chi connectivity index (χ3v) is 12.1. The molecule has 11 aromatic rings. The van der Waals surface area contributed by atoms with Crippen molar-refractivity contribution in [2.24, 2.45) is 10.7 Å². The second kappa shape index (κ2) is 14.9. The van der Waals surface area contributed by atoms with Gasteiger partial charge in [0.15, 0.2) is 0 Å². The summed E-state index contributed by atoms with van der Waals surface area (Å²) in [6.45, 7) is 0. The summed E-state index contributed by atoms with van der Waals surface area (Å²) in [6, 6.07) is 75.8. The first kappa shape index (κ1) is 35.5. The first-order chi connectivity index (χ1) is 29.7. The van der Waals surface area contributed by atoms with Crippen molar-refractivity contribution in [2.45, 2.75) is 6.04 Å². The molecule has 0 aromatic heterocycles. The number of hydrogen-bond donors (Lipinski definition) is 1. The average molecular weight is 765 g/mol. The zero-order valence-electron chi connectivity index (χ0n) is 33.0. The lowest BCUT2D eigenvalue weighted by molar-refractivity contribution is 0.912. The summed E-state index contributed by atoms with van der Waals surface area (Å²) in [4.78, 5) is 5.37. The molecule has 0 spiro atoms. The zero-order valence-corrected chi connectivity index (χ0v) is 33.0. The van der Waals surface area contributed by atoms with Gasteiger partial charge in [-0.25, -0.2) is 0 Å². The molecule has 0 aliphatic rings. The van der Waals surface area contributed by atoms with Gasteiger partial charge in [0.25, 0.3) is 0 Å². The SMILES string of the molecule is NC(/C=C(\N=Cc1ccc(-c2c3ccccc3cc3c2ccc2ccccc23)cc1)c1c2ccccc2cc2c1ccc1ccccc12)c1ccc(-c2ccccc2)cc1. The molecule has 60 heavy (non-hydrogen) atoms. The van der Waals surface area contributed by atoms with Crippen molar-refractivity contribution in [1.29, 1.82) is 0 Å². The Morgan fingerprint density at radius 1 is 0.383 bits per heavy atom. The van der Waals surface area contributed by atoms with Crippen LogP contribution in [0, 0.1) is 0 Å². The highest BCUT2D eigenvalue weighted by Crippen LogP contribution is 2.41. The van der Waals surface area contributed by atoms with Crippen LogP contribution in [0.4, 0.5) is 0 Å². The Hall–Kier alpha value is -7.65. The number of nitrogens with two attached hydrogens (primary N) is 1. The topological polar surface area (TPSA) is 38.4 Å². The summed E-state index contributed by atoms with van der Waals surface area (Å²) in [5.41, 5.74) is 15.8. The lowest BCUT2D eigenvalue weighted by Gasteiger charge is -2.16. The maximum absolute atomic E-state index is 7.13. The molecule has 1 unspecified atom stereocenters. The molecule has 0 amide bonds. The number of fused-ring (bicyclic) bond motifs is 8. The van der Waals surface area contributed by atoms with E-state index in [1.54, 1.807) is 0 Å². The quantitative estimate of drug-likeness (QED) is 0.0980. The van der Waals surface area contributed by atoms with Crippen LogP contribution in [0.3, 0.4) is 0 Å². The van der Waals surface area contributed by atoms with Crippen molar-refractivity contribution >= 4 is 76.5 Å². The van der Waals surface area contributed by atoms with E-state index in [-0.39, 0.29) is 0 Å². The monoisotopic (exact) mass is 764 g/mol. The summed E-state index contributed by atoms with van der Waals surface area (Å²) >= 11 is 0. The predicted molar refractivity (Wildman–Crippen MR) is 258 cm³/mol. The molecular formula is C58H40N2. The van der Waals surface area contributed by atoms with Crippen LogP contribution in [-0.4, -0.2) is 6.21 Å². The van der Waals surface area contributed by atoms with Crippen LogP contribution in [0.5, 0.6) is 0 Å². The molecule has 0 fully saturated rings. The van der Waals surface area contributed by atoms with Crippen LogP contribution in [0.1, 0.15) is 22.7 Å². The van der Waals surface area contributed by atoms with Gasteiger partial charge in [-0.15, -0.1) is 0 Å². The fourth-order valence-corrected chi connectivity index (χ4v) is 9.09. The van der Waals surface area contributed by atoms with Gasteiger partial charge < -0.3 is 5.73 Å². The van der Waals surface area contributed by atoms with E-state index in [0.29, 0.717) is 0 Å². The second-order valence-corrected chi connectivity index (χ2v) is 15.7. The first-order valence-electron chi connectivity index (χ1n) is 20.6. The molecule has 0 saturated heterocycles. The Balaban J connectivity index is 1.05. The van der Waals surface area contributed by atoms with E-state index in [4.69, 9.17) is 10.7 Å². The minimum atomic E-state index is -0.394. The predicted octanol–water partition coefficient (Wildman–Crippen LogP) is 15.1. The highest BCUT2D eigenvalue weighted by atomic mass is 14.7. The van der Waals surface area contributed by atoms with E-state index in [0.717, 1.165) is 44.1 Å². The van der Waals surface area contributed by atoms with E-state index in [9.17, 15) is 0 Å². The highest BCUT2D eigenvalue weighted by Gasteiger charge is 2.17. The van der Waals surface area contributed by atoms with Crippen molar-refractivity contribution in [2.75, 3.05) is 0 Å². The first-order valence-corrected chi connectivity index (χ1v) is 20.6. The fourth-order valence-electron chi connectivity index (χ4n) is 9.09. The van der Waals surface area contributed by atoms with Gasteiger partial charge in [-0.1, -0.05) is 200 Å². The normalized spacial score (nSPS) is 12.7. The van der Waals surface area contributed by atoms with Gasteiger partial charge in [-0.05, 0) is 116 Å². The molecule has 0 saturated carbocycles. The van der Waals surface area contributed by atoms with E-state index >= 15 is 0 Å². The molecule has 0 aliphatic heterocycles. The van der Waals surface area contributed by atoms with Crippen molar-refractivity contribution < 1.29 is 0 Å². The lowest BCUT2D eigenvalue weighted by atomic mass is 9.89. The molecule has 0 radical (unpaired) electrons. The summed E-state index contributed by atoms with van der Waals surface area (Å²) in [5, 5.41) is 14.6. The molecule has 0 heterocycles. The summed E-state index contributed by atoms with van der Waals surface area (Å²) in [5.74, 6) is 0. The van der Waals surface area contributed by atoms with Crippen molar-refractivity contribution in [3.63, 3.8) is 0 Å². The molecule has 0 aliphatic carbocycles. The third-order valence-electron chi connectivity index (χ3n) is 12.1. The number of hydrogen-bond acceptors (Lipinski definition) is 2. The van der Waals surface area contributed by atoms with Gasteiger partial charge in [0, 0.05) is 11.8 Å². The fraction of sp³-hybridized carbons (Fsp3) is 0.0172. The number of rotatable bonds is 7. The largest absolute Gasteiger partial charge is 0.321 e. The van der Waals surface area contributed by atoms with Crippen LogP contribution >= 0.6 is 0 Å². The van der Waals surface area contributed by atoms with E-state index in [2.05, 4.69) is 212 Å². The Labute approximate surface area is 349 Å². The smallest absolute Gasteiger partial charge is 0.0693 e. The number of nitrogens with zero attached hydrogens (tertiary/aromatic N) is 1. The van der Waals surface area contributed by atoms with Gasteiger partial charge in [-0.2, -0.15) is 0 Å². The van der Waals surface area contributed by atoms with Gasteiger partial charge >= 0.3 is 0 Å². The molecule has 1 atom stereocenters. The molecule has 2 heteroatoms. The van der Waals surface area contributed by atoms with E-state index < -0.39 is 6.04 Å². The summed E-state index contributed by atoms with van der Waals surface area (Å²) in [6.07, 6.45) is 4.12. The van der Waals surface area contributed by atoms with Crippen molar-refractivity contribution in [1.82, 2.24) is 0 Å². The summed E-state index contributed by atoms with van der Waals surface area (Å²) < 4.78 is 0. The highest BCUT2D eigenvalue weighted by molar-refractivity contribution is 6.20. The average Bonchev–Trinajstić information content (AvgIpc) is 3.32. The standard InChI is InChI=1S/C58H40N2/c59-55(43-28-26-40(27-29-43)39-12-2-1-3-13-39)36-56(58-50-21-11-7-17-46(50)35-54-48-19-9-5-15-42(48)31-33-52(54)58)60-37-38-22-24-44(25-23-38)57-49-20-10-6-16-45(49)34-53-47-18-8-4-14-41(47)30-32-51(53)57/h1-37,55H,59H2/b56-36-,60-37?. The minimum Gasteiger partial charge on any atom is -0.321 e. The van der Waals surface area contributed by atoms with E-state index in [1.165, 1.54) is 65.2 Å². The minimum absolute atomic E-state index is 0.394. The Morgan fingerprint density at radius 2 is 0.883 bits per heavy atom. The van der Waals surface area contributed by atoms with Gasteiger partial charge in [0.2, 0.25) is 0 Å². The van der Waals surface area contributed by atoms with Crippen LogP contribution in [0.15, 0.2) is 223 Å². The molecule has 2 nitrogen and oxygen atoms in total. The maximum atomic E-state index is 7.13. The molecule has 11 aromatic carbocycles. The van der Waals surface area contributed by atoms with Gasteiger partial charge in [0.05, 0.1) is 11.7 Å². The Kier molecular flexibility index (Phi) is 8.84. The van der Waals surface area contributed by atoms with Crippen LogP contribution in [0.25, 0.3) is 92.6 Å². The van der Waals surface area contributed by atoms with Crippen LogP contribution in [-0.2, 0) is 0 Å². The maximum Gasteiger partial charge on any atom is 0.0693 e. The number of benzene rings is 11. The van der Waals surface area contributed by atoms with Crippen molar-refractivity contribution in [3.05, 3.63) is 235 Å². The third kappa shape index (κ3) is 6.31. The molecule has 11 rings (SSSR count). The number of aliphatic imine (C=N–C) groups is 1. The van der Waals surface area contributed by atoms with Gasteiger partial charge in [-0.3, -0.25) is 4.99 Å². The van der Waals surface area contributed by atoms with E-state index in [1.807, 2.05) is 12.3 Å². The molecule has 0 bridgehead atoms. The molecular weight excluding hydrogens is 725 g/mol. The Bertz CT molecular complexity index is 3470. The Morgan fingerprint density at radius 3 is 1.55 bits per heavy atom. The van der Waals surface area contributed by atoms with Gasteiger partial charge in [0.1, 0.15) is 0 Å². The zero-order chi connectivity index (χ0) is 40.0. The summed E-state index contributed by atoms with van der Waals surface area (Å²) in [7, 11) is 0. The lowest BCUT2D eigenvalue weighted by Crippen LogP contribution is -2.08. The molecule has 282 valence electrons.